The molecule has 94 valence electrons. The Morgan fingerprint density at radius 2 is 2.18 bits per heavy atom. The third-order valence-corrected chi connectivity index (χ3v) is 3.70. The highest BCUT2D eigenvalue weighted by molar-refractivity contribution is 5.30. The van der Waals surface area contributed by atoms with Gasteiger partial charge in [0.1, 0.15) is 0 Å². The Labute approximate surface area is 104 Å². The van der Waals surface area contributed by atoms with Gasteiger partial charge in [-0.2, -0.15) is 0 Å². The van der Waals surface area contributed by atoms with Crippen LogP contribution in [0.3, 0.4) is 0 Å². The van der Waals surface area contributed by atoms with Crippen molar-refractivity contribution in [2.24, 2.45) is 0 Å². The van der Waals surface area contributed by atoms with Gasteiger partial charge in [0.05, 0.1) is 11.7 Å². The zero-order valence-electron chi connectivity index (χ0n) is 10.8. The first-order valence-electron chi connectivity index (χ1n) is 6.50. The maximum Gasteiger partial charge on any atom is 0.0872 e. The van der Waals surface area contributed by atoms with E-state index in [1.165, 1.54) is 0 Å². The van der Waals surface area contributed by atoms with Crippen molar-refractivity contribution < 1.29 is 9.84 Å². The van der Waals surface area contributed by atoms with E-state index in [2.05, 4.69) is 13.0 Å². The quantitative estimate of drug-likeness (QED) is 0.867. The van der Waals surface area contributed by atoms with Crippen LogP contribution in [-0.2, 0) is 10.3 Å². The Hall–Kier alpha value is -0.860. The first-order chi connectivity index (χ1) is 8.09. The fourth-order valence-electron chi connectivity index (χ4n) is 2.63. The summed E-state index contributed by atoms with van der Waals surface area (Å²) in [5.41, 5.74) is 1.46. The van der Waals surface area contributed by atoms with Crippen molar-refractivity contribution in [3.8, 4) is 0 Å². The molecule has 2 unspecified atom stereocenters. The summed E-state index contributed by atoms with van der Waals surface area (Å²) in [6.07, 6.45) is 4.37. The van der Waals surface area contributed by atoms with Gasteiger partial charge < -0.3 is 9.84 Å². The van der Waals surface area contributed by atoms with E-state index in [0.717, 1.165) is 43.4 Å². The molecule has 0 amide bonds. The molecule has 2 atom stereocenters. The summed E-state index contributed by atoms with van der Waals surface area (Å²) in [5, 5.41) is 10.6. The molecular weight excluding hydrogens is 212 g/mol. The Bertz CT molecular complexity index is 365. The predicted octanol–water partition coefficient (Wildman–Crippen LogP) is 3.16. The van der Waals surface area contributed by atoms with Crippen LogP contribution < -0.4 is 0 Å². The molecule has 0 bridgehead atoms. The number of hydrogen-bond acceptors (Lipinski definition) is 2. The van der Waals surface area contributed by atoms with Crippen LogP contribution in [0.15, 0.2) is 24.3 Å². The van der Waals surface area contributed by atoms with Crippen molar-refractivity contribution >= 4 is 0 Å². The van der Waals surface area contributed by atoms with Crippen LogP contribution in [0, 0.1) is 6.92 Å². The highest BCUT2D eigenvalue weighted by atomic mass is 16.5. The molecule has 0 aromatic heterocycles. The van der Waals surface area contributed by atoms with Gasteiger partial charge in [-0.25, -0.2) is 0 Å². The van der Waals surface area contributed by atoms with Gasteiger partial charge in [0, 0.05) is 6.61 Å². The van der Waals surface area contributed by atoms with E-state index in [0.29, 0.717) is 6.10 Å². The summed E-state index contributed by atoms with van der Waals surface area (Å²) < 4.78 is 5.60. The third kappa shape index (κ3) is 3.08. The maximum atomic E-state index is 10.6. The van der Waals surface area contributed by atoms with E-state index in [1.54, 1.807) is 0 Å². The van der Waals surface area contributed by atoms with E-state index in [-0.39, 0.29) is 0 Å². The lowest BCUT2D eigenvalue weighted by atomic mass is 9.87. The first-order valence-corrected chi connectivity index (χ1v) is 6.50. The highest BCUT2D eigenvalue weighted by Gasteiger charge is 2.27. The van der Waals surface area contributed by atoms with Gasteiger partial charge in [-0.15, -0.1) is 0 Å². The molecule has 0 aliphatic carbocycles. The van der Waals surface area contributed by atoms with Gasteiger partial charge in [-0.3, -0.25) is 0 Å². The monoisotopic (exact) mass is 234 g/mol. The molecule has 1 aliphatic heterocycles. The number of aryl methyl sites for hydroxylation is 1. The highest BCUT2D eigenvalue weighted by Crippen LogP contribution is 2.30. The Balaban J connectivity index is 2.00. The fourth-order valence-corrected chi connectivity index (χ4v) is 2.63. The van der Waals surface area contributed by atoms with Crippen LogP contribution in [0.4, 0.5) is 0 Å². The number of rotatable bonds is 4. The molecule has 2 rings (SSSR count). The van der Waals surface area contributed by atoms with Crippen LogP contribution in [-0.4, -0.2) is 17.8 Å². The molecular formula is C15H22O2. The molecule has 1 aliphatic rings. The summed E-state index contributed by atoms with van der Waals surface area (Å²) in [7, 11) is 0. The second-order valence-electron chi connectivity index (χ2n) is 5.26. The molecule has 2 nitrogen and oxygen atoms in total. The zero-order valence-corrected chi connectivity index (χ0v) is 10.8. The Kier molecular flexibility index (Phi) is 3.85. The van der Waals surface area contributed by atoms with Crippen LogP contribution in [0.2, 0.25) is 0 Å². The minimum absolute atomic E-state index is 0.352. The average molecular weight is 234 g/mol. The van der Waals surface area contributed by atoms with E-state index < -0.39 is 5.60 Å². The topological polar surface area (TPSA) is 29.5 Å². The van der Waals surface area contributed by atoms with Crippen molar-refractivity contribution in [3.63, 3.8) is 0 Å². The maximum absolute atomic E-state index is 10.6. The first kappa shape index (κ1) is 12.6. The fraction of sp³-hybridized carbons (Fsp3) is 0.600. The zero-order chi connectivity index (χ0) is 12.3. The van der Waals surface area contributed by atoms with Gasteiger partial charge in [-0.1, -0.05) is 24.3 Å². The summed E-state index contributed by atoms with van der Waals surface area (Å²) in [4.78, 5) is 0. The van der Waals surface area contributed by atoms with Gasteiger partial charge in [0.25, 0.3) is 0 Å². The molecule has 2 heteroatoms. The van der Waals surface area contributed by atoms with Gasteiger partial charge in [0.15, 0.2) is 0 Å². The van der Waals surface area contributed by atoms with E-state index in [9.17, 15) is 5.11 Å². The molecule has 0 spiro atoms. The van der Waals surface area contributed by atoms with E-state index in [4.69, 9.17) is 4.74 Å². The molecule has 1 aromatic rings. The van der Waals surface area contributed by atoms with Gasteiger partial charge in [0.2, 0.25) is 0 Å². The van der Waals surface area contributed by atoms with Gasteiger partial charge >= 0.3 is 0 Å². The van der Waals surface area contributed by atoms with Crippen LogP contribution >= 0.6 is 0 Å². The third-order valence-electron chi connectivity index (χ3n) is 3.70. The molecule has 0 saturated carbocycles. The molecule has 1 N–H and O–H groups in total. The summed E-state index contributed by atoms with van der Waals surface area (Å²) in [6.45, 7) is 4.84. The van der Waals surface area contributed by atoms with Gasteiger partial charge in [-0.05, 0) is 50.7 Å². The predicted molar refractivity (Wildman–Crippen MR) is 69.0 cm³/mol. The van der Waals surface area contributed by atoms with Crippen molar-refractivity contribution in [2.75, 3.05) is 6.61 Å². The van der Waals surface area contributed by atoms with Crippen molar-refractivity contribution in [1.82, 2.24) is 0 Å². The summed E-state index contributed by atoms with van der Waals surface area (Å²) >= 11 is 0. The average Bonchev–Trinajstić information content (AvgIpc) is 2.80. The second-order valence-corrected chi connectivity index (χ2v) is 5.26. The summed E-state index contributed by atoms with van der Waals surface area (Å²) in [6, 6.07) is 8.07. The molecule has 17 heavy (non-hydrogen) atoms. The number of hydrogen-bond donors (Lipinski definition) is 1. The van der Waals surface area contributed by atoms with Crippen molar-refractivity contribution in [3.05, 3.63) is 35.4 Å². The number of aliphatic hydroxyl groups is 1. The Morgan fingerprint density at radius 1 is 1.41 bits per heavy atom. The molecule has 1 saturated heterocycles. The normalized spacial score (nSPS) is 23.6. The van der Waals surface area contributed by atoms with Crippen molar-refractivity contribution in [2.45, 2.75) is 51.2 Å². The second kappa shape index (κ2) is 5.19. The summed E-state index contributed by atoms with van der Waals surface area (Å²) in [5.74, 6) is 0. The van der Waals surface area contributed by atoms with E-state index >= 15 is 0 Å². The van der Waals surface area contributed by atoms with Crippen molar-refractivity contribution in [1.29, 1.82) is 0 Å². The van der Waals surface area contributed by atoms with Crippen LogP contribution in [0.25, 0.3) is 0 Å². The lowest BCUT2D eigenvalue weighted by Crippen LogP contribution is -2.24. The Morgan fingerprint density at radius 3 is 2.82 bits per heavy atom. The molecule has 1 heterocycles. The molecule has 0 radical (unpaired) electrons. The largest absolute Gasteiger partial charge is 0.385 e. The minimum Gasteiger partial charge on any atom is -0.385 e. The van der Waals surface area contributed by atoms with E-state index in [1.807, 2.05) is 25.1 Å². The molecule has 1 aromatic carbocycles. The number of ether oxygens (including phenoxy) is 1. The lowest BCUT2D eigenvalue weighted by molar-refractivity contribution is 0.0216. The van der Waals surface area contributed by atoms with Crippen LogP contribution in [0.5, 0.6) is 0 Å². The smallest absolute Gasteiger partial charge is 0.0872 e. The van der Waals surface area contributed by atoms with Crippen LogP contribution in [0.1, 0.15) is 43.7 Å². The SMILES string of the molecule is Cc1ccccc1C(C)(O)CCC1CCCO1. The molecule has 1 fully saturated rings. The standard InChI is InChI=1S/C15H22O2/c1-12-6-3-4-8-14(12)15(2,16)10-9-13-7-5-11-17-13/h3-4,6,8,13,16H,5,7,9-11H2,1-2H3. The number of benzene rings is 1. The lowest BCUT2D eigenvalue weighted by Gasteiger charge is -2.26. The minimum atomic E-state index is -0.739.